The van der Waals surface area contributed by atoms with Crippen molar-refractivity contribution in [1.82, 2.24) is 25.7 Å². The molecular formula is C18H22ClN5O2. The van der Waals surface area contributed by atoms with Gasteiger partial charge in [-0.2, -0.15) is 10.2 Å². The molecular weight excluding hydrogens is 354 g/mol. The van der Waals surface area contributed by atoms with Crippen LogP contribution in [0.15, 0.2) is 30.6 Å². The average molecular weight is 376 g/mol. The number of H-pyrrole nitrogens is 2. The lowest BCUT2D eigenvalue weighted by molar-refractivity contribution is 0.174. The molecule has 0 aliphatic carbocycles. The molecule has 4 rings (SSSR count). The van der Waals surface area contributed by atoms with Gasteiger partial charge in [0.2, 0.25) is 6.79 Å². The van der Waals surface area contributed by atoms with E-state index in [0.717, 1.165) is 59.9 Å². The Kier molecular flexibility index (Phi) is 5.80. The highest BCUT2D eigenvalue weighted by Gasteiger charge is 2.16. The van der Waals surface area contributed by atoms with Crippen LogP contribution in [-0.4, -0.2) is 33.7 Å². The van der Waals surface area contributed by atoms with Gasteiger partial charge in [0.1, 0.15) is 0 Å². The Morgan fingerprint density at radius 1 is 1.08 bits per heavy atom. The van der Waals surface area contributed by atoms with E-state index in [1.54, 1.807) is 0 Å². The van der Waals surface area contributed by atoms with Gasteiger partial charge in [0.05, 0.1) is 18.1 Å². The molecule has 0 amide bonds. The summed E-state index contributed by atoms with van der Waals surface area (Å²) in [4.78, 5) is 0. The summed E-state index contributed by atoms with van der Waals surface area (Å²) >= 11 is 0. The molecule has 1 aromatic carbocycles. The lowest BCUT2D eigenvalue weighted by atomic mass is 10.1. The largest absolute Gasteiger partial charge is 0.454 e. The lowest BCUT2D eigenvalue weighted by Gasteiger charge is -2.07. The molecule has 0 bridgehead atoms. The van der Waals surface area contributed by atoms with Crippen molar-refractivity contribution < 1.29 is 9.47 Å². The summed E-state index contributed by atoms with van der Waals surface area (Å²) in [5.41, 5.74) is 5.63. The Bertz CT molecular complexity index is 861. The topological polar surface area (TPSA) is 87.9 Å². The van der Waals surface area contributed by atoms with Gasteiger partial charge in [0.25, 0.3) is 0 Å². The summed E-state index contributed by atoms with van der Waals surface area (Å²) in [6, 6.07) is 5.94. The highest BCUT2D eigenvalue weighted by Crippen LogP contribution is 2.36. The number of nitrogens with zero attached hydrogens (tertiary/aromatic N) is 2. The van der Waals surface area contributed by atoms with Crippen LogP contribution in [0.2, 0.25) is 0 Å². The molecule has 26 heavy (non-hydrogen) atoms. The molecule has 3 aromatic rings. The first-order valence-corrected chi connectivity index (χ1v) is 8.43. The van der Waals surface area contributed by atoms with Gasteiger partial charge in [0.15, 0.2) is 11.5 Å². The predicted molar refractivity (Wildman–Crippen MR) is 101 cm³/mol. The van der Waals surface area contributed by atoms with E-state index >= 15 is 0 Å². The number of halogens is 1. The normalized spacial score (nSPS) is 12.2. The van der Waals surface area contributed by atoms with Gasteiger partial charge in [0, 0.05) is 23.4 Å². The van der Waals surface area contributed by atoms with Gasteiger partial charge in [-0.25, -0.2) is 0 Å². The molecule has 1 aliphatic heterocycles. The molecule has 0 spiro atoms. The van der Waals surface area contributed by atoms with Gasteiger partial charge in [-0.1, -0.05) is 0 Å². The third-order valence-corrected chi connectivity index (χ3v) is 4.43. The van der Waals surface area contributed by atoms with Crippen molar-refractivity contribution in [1.29, 1.82) is 0 Å². The molecule has 0 fully saturated rings. The summed E-state index contributed by atoms with van der Waals surface area (Å²) in [7, 11) is 0. The van der Waals surface area contributed by atoms with Crippen molar-refractivity contribution in [3.8, 4) is 22.8 Å². The number of benzene rings is 1. The van der Waals surface area contributed by atoms with Crippen molar-refractivity contribution >= 4 is 12.4 Å². The second-order valence-corrected chi connectivity index (χ2v) is 6.14. The number of aromatic amines is 2. The van der Waals surface area contributed by atoms with Crippen LogP contribution in [0.3, 0.4) is 0 Å². The fraction of sp³-hybridized carbons (Fsp3) is 0.333. The second-order valence-electron chi connectivity index (χ2n) is 6.14. The minimum absolute atomic E-state index is 0. The highest BCUT2D eigenvalue weighted by atomic mass is 35.5. The highest BCUT2D eigenvalue weighted by molar-refractivity contribution is 5.85. The van der Waals surface area contributed by atoms with E-state index in [2.05, 4.69) is 32.6 Å². The number of ether oxygens (including phenoxy) is 2. The first-order chi connectivity index (χ1) is 12.3. The van der Waals surface area contributed by atoms with Gasteiger partial charge in [-0.15, -0.1) is 12.4 Å². The first-order valence-electron chi connectivity index (χ1n) is 8.43. The molecule has 0 unspecified atom stereocenters. The monoisotopic (exact) mass is 375 g/mol. The second kappa shape index (κ2) is 8.25. The van der Waals surface area contributed by atoms with Gasteiger partial charge in [-0.05, 0) is 50.1 Å². The van der Waals surface area contributed by atoms with E-state index in [-0.39, 0.29) is 19.2 Å². The average Bonchev–Trinajstić information content (AvgIpc) is 3.35. The third kappa shape index (κ3) is 3.84. The maximum atomic E-state index is 5.46. The Morgan fingerprint density at radius 3 is 2.73 bits per heavy atom. The van der Waals surface area contributed by atoms with E-state index in [1.807, 2.05) is 30.6 Å². The summed E-state index contributed by atoms with van der Waals surface area (Å²) in [6.45, 7) is 4.05. The maximum Gasteiger partial charge on any atom is 0.231 e. The maximum absolute atomic E-state index is 5.46. The zero-order chi connectivity index (χ0) is 17.1. The minimum atomic E-state index is 0. The van der Waals surface area contributed by atoms with Crippen molar-refractivity contribution in [2.45, 2.75) is 26.3 Å². The Morgan fingerprint density at radius 2 is 1.88 bits per heavy atom. The van der Waals surface area contributed by atoms with Gasteiger partial charge >= 0.3 is 0 Å². The Balaban J connectivity index is 0.00000196. The van der Waals surface area contributed by atoms with Crippen LogP contribution in [0.4, 0.5) is 0 Å². The Labute approximate surface area is 157 Å². The number of hydrogen-bond acceptors (Lipinski definition) is 5. The van der Waals surface area contributed by atoms with E-state index in [9.17, 15) is 0 Å². The molecule has 0 radical (unpaired) electrons. The summed E-state index contributed by atoms with van der Waals surface area (Å²) in [6.07, 6.45) is 5.86. The molecule has 8 heteroatoms. The quantitative estimate of drug-likeness (QED) is 0.552. The van der Waals surface area contributed by atoms with Crippen molar-refractivity contribution in [2.24, 2.45) is 0 Å². The van der Waals surface area contributed by atoms with E-state index < -0.39 is 0 Å². The number of rotatable bonds is 7. The number of aryl methyl sites for hydroxylation is 2. The fourth-order valence-corrected chi connectivity index (χ4v) is 3.00. The summed E-state index contributed by atoms with van der Waals surface area (Å²) in [5.74, 6) is 1.57. The Hall–Kier alpha value is -2.51. The lowest BCUT2D eigenvalue weighted by Crippen LogP contribution is -2.15. The zero-order valence-corrected chi connectivity index (χ0v) is 15.4. The van der Waals surface area contributed by atoms with Crippen LogP contribution in [0.5, 0.6) is 11.5 Å². The molecule has 0 atom stereocenters. The standard InChI is InChI=1S/C18H21N5O2.ClH/c1-12-14(9-20-22-12)3-2-6-19-8-15-10-21-23-18(15)13-4-5-16-17(7-13)25-11-24-16;/h4-5,7,9-10,19H,2-3,6,8,11H2,1H3,(H,20,22)(H,21,23);1H. The summed E-state index contributed by atoms with van der Waals surface area (Å²) in [5, 5.41) is 17.8. The fourth-order valence-electron chi connectivity index (χ4n) is 3.00. The summed E-state index contributed by atoms with van der Waals surface area (Å²) < 4.78 is 10.8. The number of fused-ring (bicyclic) bond motifs is 1. The van der Waals surface area contributed by atoms with Crippen LogP contribution >= 0.6 is 12.4 Å². The van der Waals surface area contributed by atoms with Crippen LogP contribution in [0.1, 0.15) is 23.2 Å². The first kappa shape index (κ1) is 18.3. The molecule has 2 aromatic heterocycles. The molecule has 0 saturated heterocycles. The number of aromatic nitrogens is 4. The van der Waals surface area contributed by atoms with Crippen LogP contribution < -0.4 is 14.8 Å². The van der Waals surface area contributed by atoms with E-state index in [4.69, 9.17) is 9.47 Å². The van der Waals surface area contributed by atoms with Crippen LogP contribution in [0.25, 0.3) is 11.3 Å². The van der Waals surface area contributed by atoms with Crippen molar-refractivity contribution in [2.75, 3.05) is 13.3 Å². The molecule has 1 aliphatic rings. The SMILES string of the molecule is Cc1[nH]ncc1CCCNCc1cn[nH]c1-c1ccc2c(c1)OCO2.Cl. The molecule has 0 saturated carbocycles. The molecule has 3 N–H and O–H groups in total. The van der Waals surface area contributed by atoms with Crippen molar-refractivity contribution in [3.05, 3.63) is 47.4 Å². The molecule has 7 nitrogen and oxygen atoms in total. The smallest absolute Gasteiger partial charge is 0.231 e. The molecule has 138 valence electrons. The van der Waals surface area contributed by atoms with Crippen LogP contribution in [-0.2, 0) is 13.0 Å². The number of nitrogens with one attached hydrogen (secondary N) is 3. The predicted octanol–water partition coefficient (Wildman–Crippen LogP) is 2.98. The number of hydrogen-bond donors (Lipinski definition) is 3. The van der Waals surface area contributed by atoms with Crippen molar-refractivity contribution in [3.63, 3.8) is 0 Å². The minimum Gasteiger partial charge on any atom is -0.454 e. The van der Waals surface area contributed by atoms with Gasteiger partial charge < -0.3 is 14.8 Å². The third-order valence-electron chi connectivity index (χ3n) is 4.43. The van der Waals surface area contributed by atoms with Crippen LogP contribution in [0, 0.1) is 6.92 Å². The molecule has 3 heterocycles. The van der Waals surface area contributed by atoms with Gasteiger partial charge in [-0.3, -0.25) is 10.2 Å². The van der Waals surface area contributed by atoms with E-state index in [1.165, 1.54) is 5.56 Å². The van der Waals surface area contributed by atoms with E-state index in [0.29, 0.717) is 0 Å². The zero-order valence-electron chi connectivity index (χ0n) is 14.5.